The van der Waals surface area contributed by atoms with Crippen molar-refractivity contribution in [2.24, 2.45) is 11.7 Å². The third kappa shape index (κ3) is 6.58. The molecule has 7 nitrogen and oxygen atoms in total. The highest BCUT2D eigenvalue weighted by Gasteiger charge is 2.36. The van der Waals surface area contributed by atoms with Crippen molar-refractivity contribution in [3.8, 4) is 11.4 Å². The number of anilines is 1. The smallest absolute Gasteiger partial charge is 0.435 e. The summed E-state index contributed by atoms with van der Waals surface area (Å²) in [5.74, 6) is -0.473. The maximum absolute atomic E-state index is 15.0. The summed E-state index contributed by atoms with van der Waals surface area (Å²) in [4.78, 5) is 13.4. The lowest BCUT2D eigenvalue weighted by atomic mass is 9.97. The molecule has 1 atom stereocenters. The highest BCUT2D eigenvalue weighted by Crippen LogP contribution is 2.33. The van der Waals surface area contributed by atoms with Crippen molar-refractivity contribution in [1.29, 1.82) is 0 Å². The normalized spacial score (nSPS) is 14.1. The Kier molecular flexibility index (Phi) is 8.09. The molecule has 41 heavy (non-hydrogen) atoms. The van der Waals surface area contributed by atoms with Gasteiger partial charge in [-0.05, 0) is 78.4 Å². The van der Waals surface area contributed by atoms with Crippen LogP contribution >= 0.6 is 0 Å². The van der Waals surface area contributed by atoms with Gasteiger partial charge in [-0.1, -0.05) is 30.3 Å². The molecule has 3 aromatic carbocycles. The van der Waals surface area contributed by atoms with Crippen molar-refractivity contribution in [3.63, 3.8) is 0 Å². The summed E-state index contributed by atoms with van der Waals surface area (Å²) in [6.45, 7) is 0.895. The topological polar surface area (TPSA) is 94.2 Å². The molecule has 214 valence electrons. The van der Waals surface area contributed by atoms with E-state index in [0.29, 0.717) is 28.9 Å². The van der Waals surface area contributed by atoms with E-state index in [0.717, 1.165) is 29.6 Å². The van der Waals surface area contributed by atoms with Crippen LogP contribution in [0.2, 0.25) is 0 Å². The van der Waals surface area contributed by atoms with Crippen molar-refractivity contribution >= 4 is 11.6 Å². The third-order valence-electron chi connectivity index (χ3n) is 6.93. The Balaban J connectivity index is 1.49. The molecule has 4 N–H and O–H groups in total. The third-order valence-corrected chi connectivity index (χ3v) is 6.93. The summed E-state index contributed by atoms with van der Waals surface area (Å²) >= 11 is 0. The number of methoxy groups -OCH3 is 1. The molecule has 1 fully saturated rings. The van der Waals surface area contributed by atoms with Gasteiger partial charge in [0.1, 0.15) is 17.3 Å². The summed E-state index contributed by atoms with van der Waals surface area (Å²) in [5, 5.41) is 9.61. The largest absolute Gasteiger partial charge is 0.497 e. The average Bonchev–Trinajstić information content (AvgIpc) is 3.68. The number of aromatic nitrogens is 2. The second kappa shape index (κ2) is 11.7. The fourth-order valence-corrected chi connectivity index (χ4v) is 4.55. The van der Waals surface area contributed by atoms with E-state index in [1.54, 1.807) is 25.3 Å². The van der Waals surface area contributed by atoms with Crippen LogP contribution in [0.1, 0.15) is 51.8 Å². The molecule has 0 aliphatic heterocycles. The fraction of sp³-hybridized carbons (Fsp3) is 0.267. The number of nitrogens with zero attached hydrogens (tertiary/aromatic N) is 2. The zero-order chi connectivity index (χ0) is 29.1. The number of rotatable bonds is 10. The number of alkyl halides is 3. The Labute approximate surface area is 234 Å². The van der Waals surface area contributed by atoms with Crippen LogP contribution in [-0.2, 0) is 12.7 Å². The summed E-state index contributed by atoms with van der Waals surface area (Å²) < 4.78 is 62.0. The van der Waals surface area contributed by atoms with Gasteiger partial charge in [0.05, 0.1) is 24.5 Å². The molecule has 0 spiro atoms. The number of carbonyl (C=O) groups is 1. The lowest BCUT2D eigenvalue weighted by Crippen LogP contribution is -2.25. The van der Waals surface area contributed by atoms with E-state index in [1.807, 2.05) is 24.3 Å². The number of carbonyl (C=O) groups excluding carboxylic acids is 1. The molecule has 1 unspecified atom stereocenters. The number of benzene rings is 3. The van der Waals surface area contributed by atoms with Crippen molar-refractivity contribution in [1.82, 2.24) is 15.1 Å². The van der Waals surface area contributed by atoms with Gasteiger partial charge in [-0.25, -0.2) is 9.07 Å². The van der Waals surface area contributed by atoms with Gasteiger partial charge in [0.15, 0.2) is 5.69 Å². The molecule has 4 aromatic rings. The first-order valence-electron chi connectivity index (χ1n) is 13.1. The first-order valence-corrected chi connectivity index (χ1v) is 13.1. The minimum atomic E-state index is -4.80. The molecule has 1 amide bonds. The maximum Gasteiger partial charge on any atom is 0.435 e. The highest BCUT2D eigenvalue weighted by atomic mass is 19.4. The molecule has 1 aliphatic carbocycles. The van der Waals surface area contributed by atoms with Gasteiger partial charge >= 0.3 is 6.18 Å². The van der Waals surface area contributed by atoms with Crippen LogP contribution in [-0.4, -0.2) is 29.3 Å². The van der Waals surface area contributed by atoms with Crippen LogP contribution in [0, 0.1) is 11.7 Å². The van der Waals surface area contributed by atoms with Gasteiger partial charge in [0, 0.05) is 12.6 Å². The van der Waals surface area contributed by atoms with Gasteiger partial charge < -0.3 is 21.1 Å². The number of amides is 1. The Hall–Kier alpha value is -4.22. The second-order valence-corrected chi connectivity index (χ2v) is 9.95. The van der Waals surface area contributed by atoms with Crippen LogP contribution in [0.25, 0.3) is 5.69 Å². The lowest BCUT2D eigenvalue weighted by molar-refractivity contribution is -0.141. The molecule has 1 aromatic heterocycles. The standard InChI is InChI=1S/C30H29F4N5O2/c1-41-23-7-3-5-20(13-23)28(36-17-18-8-9-18)21-10-11-24(31)25(14-21)37-29(40)26-15-27(30(32,33)34)38-39(26)22-6-2-4-19(12-22)16-35/h2-7,10-15,18,28,36H,8-9,16-17,35H2,1H3,(H,37,40). The van der Waals surface area contributed by atoms with E-state index in [9.17, 15) is 22.4 Å². The number of nitrogens with one attached hydrogen (secondary N) is 2. The SMILES string of the molecule is COc1cccc(C(NCC2CC2)c2ccc(F)c(NC(=O)c3cc(C(F)(F)F)nn3-c3cccc(CN)c3)c2)c1. The quantitative estimate of drug-likeness (QED) is 0.210. The lowest BCUT2D eigenvalue weighted by Gasteiger charge is -2.21. The molecule has 1 heterocycles. The Bertz CT molecular complexity index is 1550. The zero-order valence-electron chi connectivity index (χ0n) is 22.2. The van der Waals surface area contributed by atoms with E-state index >= 15 is 0 Å². The van der Waals surface area contributed by atoms with E-state index in [2.05, 4.69) is 15.7 Å². The number of hydrogen-bond acceptors (Lipinski definition) is 5. The minimum Gasteiger partial charge on any atom is -0.497 e. The molecule has 0 bridgehead atoms. The number of halogens is 4. The minimum absolute atomic E-state index is 0.143. The Morgan fingerprint density at radius 2 is 1.83 bits per heavy atom. The van der Waals surface area contributed by atoms with E-state index in [4.69, 9.17) is 10.5 Å². The molecular formula is C30H29F4N5O2. The fourth-order valence-electron chi connectivity index (χ4n) is 4.55. The van der Waals surface area contributed by atoms with Crippen LogP contribution < -0.4 is 21.1 Å². The Morgan fingerprint density at radius 1 is 1.07 bits per heavy atom. The van der Waals surface area contributed by atoms with Gasteiger partial charge in [-0.3, -0.25) is 4.79 Å². The summed E-state index contributed by atoms with van der Waals surface area (Å²) in [6, 6.07) is 18.4. The molecule has 1 aliphatic rings. The van der Waals surface area contributed by atoms with Crippen molar-refractivity contribution in [3.05, 3.63) is 107 Å². The number of nitrogens with two attached hydrogens (primary N) is 1. The summed E-state index contributed by atoms with van der Waals surface area (Å²) in [7, 11) is 1.57. The van der Waals surface area contributed by atoms with Gasteiger partial charge in [0.25, 0.3) is 5.91 Å². The molecule has 5 rings (SSSR count). The van der Waals surface area contributed by atoms with Gasteiger partial charge in [0.2, 0.25) is 0 Å². The van der Waals surface area contributed by atoms with Crippen LogP contribution in [0.5, 0.6) is 5.75 Å². The number of ether oxygens (including phenoxy) is 1. The van der Waals surface area contributed by atoms with E-state index in [-0.39, 0.29) is 24.0 Å². The maximum atomic E-state index is 15.0. The second-order valence-electron chi connectivity index (χ2n) is 9.95. The molecule has 0 saturated heterocycles. The van der Waals surface area contributed by atoms with E-state index in [1.165, 1.54) is 24.3 Å². The predicted octanol–water partition coefficient (Wildman–Crippen LogP) is 5.84. The van der Waals surface area contributed by atoms with Crippen LogP contribution in [0.3, 0.4) is 0 Å². The number of hydrogen-bond donors (Lipinski definition) is 3. The summed E-state index contributed by atoms with van der Waals surface area (Å²) in [6.07, 6.45) is -2.54. The highest BCUT2D eigenvalue weighted by molar-refractivity contribution is 6.03. The van der Waals surface area contributed by atoms with Gasteiger partial charge in [-0.2, -0.15) is 18.3 Å². The van der Waals surface area contributed by atoms with Crippen molar-refractivity contribution in [2.45, 2.75) is 31.6 Å². The Morgan fingerprint density at radius 3 is 2.54 bits per heavy atom. The predicted molar refractivity (Wildman–Crippen MR) is 146 cm³/mol. The molecule has 1 saturated carbocycles. The van der Waals surface area contributed by atoms with Crippen LogP contribution in [0.15, 0.2) is 72.8 Å². The first kappa shape index (κ1) is 28.3. The first-order chi connectivity index (χ1) is 19.7. The average molecular weight is 568 g/mol. The monoisotopic (exact) mass is 567 g/mol. The zero-order valence-corrected chi connectivity index (χ0v) is 22.2. The summed E-state index contributed by atoms with van der Waals surface area (Å²) in [5.41, 5.74) is 6.24. The van der Waals surface area contributed by atoms with Crippen molar-refractivity contribution in [2.75, 3.05) is 19.0 Å². The van der Waals surface area contributed by atoms with Gasteiger partial charge in [-0.15, -0.1) is 0 Å². The molecule has 0 radical (unpaired) electrons. The van der Waals surface area contributed by atoms with E-state index < -0.39 is 29.3 Å². The van der Waals surface area contributed by atoms with Crippen LogP contribution in [0.4, 0.5) is 23.2 Å². The van der Waals surface area contributed by atoms with Crippen molar-refractivity contribution < 1.29 is 27.1 Å². The molecule has 11 heteroatoms. The molecular weight excluding hydrogens is 538 g/mol.